The van der Waals surface area contributed by atoms with Gasteiger partial charge in [0.15, 0.2) is 0 Å². The molecular weight excluding hydrogens is 136 g/mol. The molecule has 2 saturated carbocycles. The normalized spacial score (nSPS) is 43.5. The number of carbonyl (C=O) groups is 1. The highest BCUT2D eigenvalue weighted by Crippen LogP contribution is 2.41. The number of hydrogen-bond donors (Lipinski definition) is 0. The van der Waals surface area contributed by atoms with Crippen LogP contribution in [0.2, 0.25) is 0 Å². The summed E-state index contributed by atoms with van der Waals surface area (Å²) in [6.45, 7) is 0. The summed E-state index contributed by atoms with van der Waals surface area (Å²) in [7, 11) is 0. The quantitative estimate of drug-likeness (QED) is 0.527. The first-order chi connectivity index (χ1) is 5.38. The van der Waals surface area contributed by atoms with E-state index in [-0.39, 0.29) is 0 Å². The molecule has 2 bridgehead atoms. The Morgan fingerprint density at radius 1 is 0.909 bits per heavy atom. The molecule has 3 unspecified atom stereocenters. The molecule has 11 heavy (non-hydrogen) atoms. The van der Waals surface area contributed by atoms with Crippen molar-refractivity contribution in [3.8, 4) is 0 Å². The van der Waals surface area contributed by atoms with Gasteiger partial charge in [-0.1, -0.05) is 12.8 Å². The molecule has 62 valence electrons. The van der Waals surface area contributed by atoms with Gasteiger partial charge in [-0.3, -0.25) is 0 Å². The summed E-state index contributed by atoms with van der Waals surface area (Å²) < 4.78 is 0. The van der Waals surface area contributed by atoms with E-state index in [1.807, 2.05) is 0 Å². The highest BCUT2D eigenvalue weighted by atomic mass is 16.1. The van der Waals surface area contributed by atoms with Gasteiger partial charge in [-0.15, -0.1) is 0 Å². The van der Waals surface area contributed by atoms with Crippen molar-refractivity contribution in [2.45, 2.75) is 38.5 Å². The minimum Gasteiger partial charge on any atom is -0.303 e. The summed E-state index contributed by atoms with van der Waals surface area (Å²) in [5, 5.41) is 0. The van der Waals surface area contributed by atoms with Gasteiger partial charge < -0.3 is 4.79 Å². The van der Waals surface area contributed by atoms with Crippen molar-refractivity contribution in [2.24, 2.45) is 17.8 Å². The molecule has 0 aliphatic heterocycles. The van der Waals surface area contributed by atoms with E-state index in [1.54, 1.807) is 0 Å². The Balaban J connectivity index is 1.99. The molecule has 0 aromatic carbocycles. The van der Waals surface area contributed by atoms with Crippen LogP contribution in [0.4, 0.5) is 0 Å². The van der Waals surface area contributed by atoms with E-state index in [0.717, 1.165) is 11.8 Å². The number of aldehydes is 1. The van der Waals surface area contributed by atoms with Gasteiger partial charge in [0, 0.05) is 5.92 Å². The second-order valence-corrected chi connectivity index (χ2v) is 4.25. The largest absolute Gasteiger partial charge is 0.303 e. The average Bonchev–Trinajstić information content (AvgIpc) is 2.31. The lowest BCUT2D eigenvalue weighted by Gasteiger charge is -2.12. The third-order valence-corrected chi connectivity index (χ3v) is 3.42. The fourth-order valence-electron chi connectivity index (χ4n) is 2.77. The zero-order valence-corrected chi connectivity index (χ0v) is 6.96. The van der Waals surface area contributed by atoms with Gasteiger partial charge in [-0.2, -0.15) is 0 Å². The van der Waals surface area contributed by atoms with E-state index < -0.39 is 0 Å². The summed E-state index contributed by atoms with van der Waals surface area (Å²) >= 11 is 0. The van der Waals surface area contributed by atoms with Gasteiger partial charge in [-0.05, 0) is 37.5 Å². The molecule has 1 heteroatoms. The van der Waals surface area contributed by atoms with Crippen molar-refractivity contribution in [3.05, 3.63) is 0 Å². The lowest BCUT2D eigenvalue weighted by Crippen LogP contribution is -2.06. The maximum absolute atomic E-state index is 10.6. The number of fused-ring (bicyclic) bond motifs is 2. The summed E-state index contributed by atoms with van der Waals surface area (Å²) in [6.07, 6.45) is 9.13. The molecule has 2 aliphatic rings. The van der Waals surface area contributed by atoms with E-state index in [1.165, 1.54) is 44.8 Å². The van der Waals surface area contributed by atoms with Crippen LogP contribution in [0.3, 0.4) is 0 Å². The van der Waals surface area contributed by atoms with Crippen LogP contribution < -0.4 is 0 Å². The smallest absolute Gasteiger partial charge is 0.123 e. The minimum absolute atomic E-state index is 0.408. The van der Waals surface area contributed by atoms with Gasteiger partial charge in [0.2, 0.25) is 0 Å². The third kappa shape index (κ3) is 1.47. The molecule has 2 aliphatic carbocycles. The highest BCUT2D eigenvalue weighted by Gasteiger charge is 2.30. The Labute approximate surface area is 68.2 Å². The SMILES string of the molecule is O=CC1CCC2CCC(C1)C2. The molecule has 2 rings (SSSR count). The number of rotatable bonds is 1. The Kier molecular flexibility index (Phi) is 1.97. The van der Waals surface area contributed by atoms with Crippen molar-refractivity contribution in [3.63, 3.8) is 0 Å². The van der Waals surface area contributed by atoms with Crippen LogP contribution in [0, 0.1) is 17.8 Å². The molecule has 1 nitrogen and oxygen atoms in total. The highest BCUT2D eigenvalue weighted by molar-refractivity contribution is 5.53. The summed E-state index contributed by atoms with van der Waals surface area (Å²) in [5.74, 6) is 2.29. The van der Waals surface area contributed by atoms with E-state index in [2.05, 4.69) is 0 Å². The Morgan fingerprint density at radius 3 is 2.45 bits per heavy atom. The van der Waals surface area contributed by atoms with E-state index >= 15 is 0 Å². The average molecular weight is 152 g/mol. The number of carbonyl (C=O) groups excluding carboxylic acids is 1. The monoisotopic (exact) mass is 152 g/mol. The topological polar surface area (TPSA) is 17.1 Å². The zero-order chi connectivity index (χ0) is 7.68. The first kappa shape index (κ1) is 7.33. The first-order valence-corrected chi connectivity index (χ1v) is 4.84. The minimum atomic E-state index is 0.408. The summed E-state index contributed by atoms with van der Waals surface area (Å²) in [4.78, 5) is 10.6. The Hall–Kier alpha value is -0.330. The predicted octanol–water partition coefficient (Wildman–Crippen LogP) is 2.40. The van der Waals surface area contributed by atoms with Gasteiger partial charge in [-0.25, -0.2) is 0 Å². The molecule has 3 atom stereocenters. The van der Waals surface area contributed by atoms with Crippen molar-refractivity contribution < 1.29 is 4.79 Å². The molecule has 0 amide bonds. The fourth-order valence-corrected chi connectivity index (χ4v) is 2.77. The molecule has 2 fully saturated rings. The van der Waals surface area contributed by atoms with Crippen molar-refractivity contribution in [2.75, 3.05) is 0 Å². The van der Waals surface area contributed by atoms with Crippen LogP contribution in [-0.4, -0.2) is 6.29 Å². The van der Waals surface area contributed by atoms with Crippen molar-refractivity contribution >= 4 is 6.29 Å². The van der Waals surface area contributed by atoms with Gasteiger partial charge >= 0.3 is 0 Å². The maximum atomic E-state index is 10.6. The van der Waals surface area contributed by atoms with Crippen LogP contribution in [0.5, 0.6) is 0 Å². The van der Waals surface area contributed by atoms with Crippen LogP contribution in [0.1, 0.15) is 38.5 Å². The van der Waals surface area contributed by atoms with Gasteiger partial charge in [0.05, 0.1) is 0 Å². The van der Waals surface area contributed by atoms with Crippen LogP contribution in [0.15, 0.2) is 0 Å². The van der Waals surface area contributed by atoms with Crippen molar-refractivity contribution in [1.29, 1.82) is 0 Å². The predicted molar refractivity (Wildman–Crippen MR) is 44.2 cm³/mol. The molecule has 0 radical (unpaired) electrons. The Morgan fingerprint density at radius 2 is 1.64 bits per heavy atom. The molecule has 0 aromatic rings. The summed E-state index contributed by atoms with van der Waals surface area (Å²) in [5.41, 5.74) is 0. The van der Waals surface area contributed by atoms with Crippen LogP contribution >= 0.6 is 0 Å². The lowest BCUT2D eigenvalue weighted by molar-refractivity contribution is -0.111. The van der Waals surface area contributed by atoms with E-state index in [4.69, 9.17) is 0 Å². The third-order valence-electron chi connectivity index (χ3n) is 3.42. The summed E-state index contributed by atoms with van der Waals surface area (Å²) in [6, 6.07) is 0. The van der Waals surface area contributed by atoms with Crippen molar-refractivity contribution in [1.82, 2.24) is 0 Å². The number of hydrogen-bond acceptors (Lipinski definition) is 1. The lowest BCUT2D eigenvalue weighted by atomic mass is 9.92. The zero-order valence-electron chi connectivity index (χ0n) is 6.96. The molecular formula is C10H16O. The van der Waals surface area contributed by atoms with Gasteiger partial charge in [0.25, 0.3) is 0 Å². The Bertz CT molecular complexity index is 153. The molecule has 0 spiro atoms. The first-order valence-electron chi connectivity index (χ1n) is 4.84. The van der Waals surface area contributed by atoms with Gasteiger partial charge in [0.1, 0.15) is 6.29 Å². The molecule has 0 N–H and O–H groups in total. The van der Waals surface area contributed by atoms with E-state index in [0.29, 0.717) is 5.92 Å². The van der Waals surface area contributed by atoms with Crippen LogP contribution in [0.25, 0.3) is 0 Å². The molecule has 0 saturated heterocycles. The second-order valence-electron chi connectivity index (χ2n) is 4.25. The van der Waals surface area contributed by atoms with E-state index in [9.17, 15) is 4.79 Å². The fraction of sp³-hybridized carbons (Fsp3) is 0.900. The molecule has 0 aromatic heterocycles. The second kappa shape index (κ2) is 2.96. The molecule has 0 heterocycles. The maximum Gasteiger partial charge on any atom is 0.123 e. The standard InChI is InChI=1S/C10H16O/c11-7-10-4-2-8-1-3-9(5-8)6-10/h7-10H,1-6H2. The van der Waals surface area contributed by atoms with Crippen LogP contribution in [-0.2, 0) is 4.79 Å².